The molecule has 1 aromatic carbocycles. The Kier molecular flexibility index (Phi) is 11.4. The molecule has 0 aliphatic heterocycles. The summed E-state index contributed by atoms with van der Waals surface area (Å²) in [5, 5.41) is 10.4. The van der Waals surface area contributed by atoms with Gasteiger partial charge in [-0.1, -0.05) is 85.3 Å². The third-order valence-electron chi connectivity index (χ3n) is 5.70. The lowest BCUT2D eigenvalue weighted by Gasteiger charge is -2.22. The monoisotopic (exact) mass is 404 g/mol. The van der Waals surface area contributed by atoms with Crippen molar-refractivity contribution in [1.29, 1.82) is 0 Å². The van der Waals surface area contributed by atoms with Crippen molar-refractivity contribution in [1.82, 2.24) is 0 Å². The van der Waals surface area contributed by atoms with Crippen LogP contribution in [0, 0.1) is 12.8 Å². The maximum absolute atomic E-state index is 12.3. The van der Waals surface area contributed by atoms with Crippen LogP contribution in [-0.2, 0) is 21.4 Å². The summed E-state index contributed by atoms with van der Waals surface area (Å²) in [5.41, 5.74) is 2.76. The lowest BCUT2D eigenvalue weighted by molar-refractivity contribution is -0.145. The van der Waals surface area contributed by atoms with Gasteiger partial charge in [0.05, 0.1) is 6.61 Å². The minimum atomic E-state index is -0.129. The van der Waals surface area contributed by atoms with Crippen LogP contribution in [0.5, 0.6) is 5.75 Å². The second-order valence-electron chi connectivity index (χ2n) is 9.60. The third-order valence-corrected chi connectivity index (χ3v) is 5.70. The zero-order valence-corrected chi connectivity index (χ0v) is 19.8. The van der Waals surface area contributed by atoms with Crippen LogP contribution in [0.25, 0.3) is 0 Å². The highest BCUT2D eigenvalue weighted by molar-refractivity contribution is 5.69. The van der Waals surface area contributed by atoms with Crippen LogP contribution in [0.15, 0.2) is 12.1 Å². The molecule has 1 aromatic rings. The number of ether oxygens (including phenoxy) is 1. The maximum Gasteiger partial charge on any atom is 0.306 e. The number of phenolic OH excluding ortho intramolecular Hbond substituents is 1. The third kappa shape index (κ3) is 9.69. The molecule has 0 saturated heterocycles. The van der Waals surface area contributed by atoms with Crippen LogP contribution in [0.3, 0.4) is 0 Å². The van der Waals surface area contributed by atoms with Crippen LogP contribution < -0.4 is 0 Å². The topological polar surface area (TPSA) is 46.5 Å². The summed E-state index contributed by atoms with van der Waals surface area (Å²) in [4.78, 5) is 12.3. The second-order valence-corrected chi connectivity index (χ2v) is 9.60. The lowest BCUT2D eigenvalue weighted by Crippen LogP contribution is -2.15. The van der Waals surface area contributed by atoms with Crippen molar-refractivity contribution in [3.8, 4) is 5.75 Å². The van der Waals surface area contributed by atoms with Crippen LogP contribution in [0.1, 0.15) is 109 Å². The molecule has 3 heteroatoms. The zero-order valence-electron chi connectivity index (χ0n) is 19.8. The van der Waals surface area contributed by atoms with E-state index in [4.69, 9.17) is 4.74 Å². The summed E-state index contributed by atoms with van der Waals surface area (Å²) < 4.78 is 5.64. The molecule has 0 aliphatic rings. The van der Waals surface area contributed by atoms with Crippen molar-refractivity contribution >= 4 is 5.97 Å². The van der Waals surface area contributed by atoms with E-state index in [9.17, 15) is 9.90 Å². The Hall–Kier alpha value is -1.51. The quantitative estimate of drug-likeness (QED) is 0.278. The Morgan fingerprint density at radius 3 is 2.31 bits per heavy atom. The van der Waals surface area contributed by atoms with Gasteiger partial charge in [0.15, 0.2) is 0 Å². The molecule has 0 fully saturated rings. The normalized spacial score (nSPS) is 12.8. The summed E-state index contributed by atoms with van der Waals surface area (Å²) >= 11 is 0. The molecule has 3 nitrogen and oxygen atoms in total. The molecule has 0 bridgehead atoms. The van der Waals surface area contributed by atoms with E-state index in [2.05, 4.69) is 34.6 Å². The molecule has 1 N–H and O–H groups in total. The summed E-state index contributed by atoms with van der Waals surface area (Å²) in [7, 11) is 0. The van der Waals surface area contributed by atoms with Gasteiger partial charge in [-0.05, 0) is 54.2 Å². The Morgan fingerprint density at radius 2 is 1.69 bits per heavy atom. The largest absolute Gasteiger partial charge is 0.507 e. The summed E-state index contributed by atoms with van der Waals surface area (Å²) in [6.07, 6.45) is 10.8. The summed E-state index contributed by atoms with van der Waals surface area (Å²) in [5.74, 6) is 0.757. The van der Waals surface area contributed by atoms with Crippen molar-refractivity contribution in [3.63, 3.8) is 0 Å². The van der Waals surface area contributed by atoms with E-state index < -0.39 is 0 Å². The highest BCUT2D eigenvalue weighted by Gasteiger charge is 2.20. The van der Waals surface area contributed by atoms with Crippen molar-refractivity contribution in [2.24, 2.45) is 5.92 Å². The molecule has 1 atom stereocenters. The fourth-order valence-electron chi connectivity index (χ4n) is 3.76. The van der Waals surface area contributed by atoms with E-state index in [1.165, 1.54) is 44.9 Å². The Labute approximate surface area is 179 Å². The van der Waals surface area contributed by atoms with Gasteiger partial charge in [-0.15, -0.1) is 0 Å². The minimum Gasteiger partial charge on any atom is -0.507 e. The number of unbranched alkanes of at least 4 members (excludes halogenated alkanes) is 4. The summed E-state index contributed by atoms with van der Waals surface area (Å²) in [6, 6.07) is 4.02. The van der Waals surface area contributed by atoms with Crippen molar-refractivity contribution in [2.75, 3.05) is 6.61 Å². The first-order chi connectivity index (χ1) is 13.7. The highest BCUT2D eigenvalue weighted by Crippen LogP contribution is 2.34. The molecule has 0 aliphatic carbocycles. The van der Waals surface area contributed by atoms with Crippen LogP contribution in [-0.4, -0.2) is 17.7 Å². The molecule has 0 heterocycles. The van der Waals surface area contributed by atoms with Gasteiger partial charge in [-0.3, -0.25) is 4.79 Å². The molecule has 0 saturated carbocycles. The average molecular weight is 405 g/mol. The molecule has 0 spiro atoms. The second kappa shape index (κ2) is 12.9. The van der Waals surface area contributed by atoms with Gasteiger partial charge in [0.25, 0.3) is 0 Å². The first-order valence-corrected chi connectivity index (χ1v) is 11.7. The first kappa shape index (κ1) is 25.5. The number of esters is 1. The molecule has 0 amide bonds. The van der Waals surface area contributed by atoms with Crippen LogP contribution >= 0.6 is 0 Å². The van der Waals surface area contributed by atoms with E-state index in [0.717, 1.165) is 23.1 Å². The summed E-state index contributed by atoms with van der Waals surface area (Å²) in [6.45, 7) is 13.2. The Bertz CT molecular complexity index is 613. The highest BCUT2D eigenvalue weighted by atomic mass is 16.5. The van der Waals surface area contributed by atoms with E-state index in [-0.39, 0.29) is 11.4 Å². The smallest absolute Gasteiger partial charge is 0.306 e. The van der Waals surface area contributed by atoms with Crippen molar-refractivity contribution in [2.45, 2.75) is 111 Å². The van der Waals surface area contributed by atoms with Gasteiger partial charge in [-0.25, -0.2) is 0 Å². The molecular formula is C26H44O3. The van der Waals surface area contributed by atoms with E-state index >= 15 is 0 Å². The van der Waals surface area contributed by atoms with Gasteiger partial charge >= 0.3 is 5.97 Å². The number of carbonyl (C=O) groups excluding carboxylic acids is 1. The minimum absolute atomic E-state index is 0.108. The van der Waals surface area contributed by atoms with Crippen LogP contribution in [0.2, 0.25) is 0 Å². The predicted molar refractivity (Wildman–Crippen MR) is 123 cm³/mol. The van der Waals surface area contributed by atoms with Crippen molar-refractivity contribution < 1.29 is 14.6 Å². The molecular weight excluding hydrogens is 360 g/mol. The van der Waals surface area contributed by atoms with E-state index in [1.54, 1.807) is 0 Å². The Balaban J connectivity index is 2.55. The van der Waals surface area contributed by atoms with Gasteiger partial charge < -0.3 is 9.84 Å². The predicted octanol–water partition coefficient (Wildman–Crippen LogP) is 7.25. The van der Waals surface area contributed by atoms with Gasteiger partial charge in [-0.2, -0.15) is 0 Å². The molecule has 0 radical (unpaired) electrons. The molecule has 0 aromatic heterocycles. The first-order valence-electron chi connectivity index (χ1n) is 11.7. The number of aryl methyl sites for hydroxylation is 2. The average Bonchev–Trinajstić information content (AvgIpc) is 2.66. The van der Waals surface area contributed by atoms with Gasteiger partial charge in [0, 0.05) is 6.42 Å². The lowest BCUT2D eigenvalue weighted by atomic mass is 9.83. The molecule has 166 valence electrons. The number of benzene rings is 1. The molecule has 29 heavy (non-hydrogen) atoms. The number of phenols is 1. The number of aromatic hydroxyl groups is 1. The fraction of sp³-hybridized carbons (Fsp3) is 0.731. The molecule has 1 rings (SSSR count). The molecule has 1 unspecified atom stereocenters. The van der Waals surface area contributed by atoms with Crippen molar-refractivity contribution in [3.05, 3.63) is 28.8 Å². The number of rotatable bonds is 13. The standard InChI is InChI=1S/C26H44O3/c1-7-9-11-12-14-21(13-10-8-2)19-29-24(27)16-15-22-17-20(3)25(28)23(18-22)26(4,5)6/h17-18,21,28H,7-16,19H2,1-6H3. The fourth-order valence-corrected chi connectivity index (χ4v) is 3.76. The van der Waals surface area contributed by atoms with E-state index in [1.807, 2.05) is 19.1 Å². The maximum atomic E-state index is 12.3. The Morgan fingerprint density at radius 1 is 1.03 bits per heavy atom. The SMILES string of the molecule is CCCCCCC(CCCC)COC(=O)CCc1cc(C)c(O)c(C(C)(C)C)c1. The number of carbonyl (C=O) groups is 1. The zero-order chi connectivity index (χ0) is 21.9. The number of hydrogen-bond donors (Lipinski definition) is 1. The van der Waals surface area contributed by atoms with Crippen LogP contribution in [0.4, 0.5) is 0 Å². The number of hydrogen-bond acceptors (Lipinski definition) is 3. The van der Waals surface area contributed by atoms with Gasteiger partial charge in [0.1, 0.15) is 5.75 Å². The van der Waals surface area contributed by atoms with Gasteiger partial charge in [0.2, 0.25) is 0 Å². The van der Waals surface area contributed by atoms with E-state index in [0.29, 0.717) is 31.1 Å².